The van der Waals surface area contributed by atoms with Crippen molar-refractivity contribution in [1.82, 2.24) is 0 Å². The summed E-state index contributed by atoms with van der Waals surface area (Å²) < 4.78 is 5.26. The number of rotatable bonds is 3. The lowest BCUT2D eigenvalue weighted by atomic mass is 9.59. The highest BCUT2D eigenvalue weighted by molar-refractivity contribution is 5.88. The highest BCUT2D eigenvalue weighted by Crippen LogP contribution is 2.55. The Labute approximate surface area is 153 Å². The molecule has 0 heterocycles. The van der Waals surface area contributed by atoms with Gasteiger partial charge in [-0.1, -0.05) is 35.9 Å². The lowest BCUT2D eigenvalue weighted by molar-refractivity contribution is -0.151. The molecule has 0 aromatic heterocycles. The third-order valence-corrected chi connectivity index (χ3v) is 5.31. The zero-order valence-electron chi connectivity index (χ0n) is 14.8. The Balaban J connectivity index is 2.34. The van der Waals surface area contributed by atoms with Crippen molar-refractivity contribution in [2.75, 3.05) is 6.61 Å². The van der Waals surface area contributed by atoms with Gasteiger partial charge in [-0.15, -0.1) is 0 Å². The second-order valence-corrected chi connectivity index (χ2v) is 6.60. The fraction of sp³-hybridized carbons (Fsp3) is 0.381. The summed E-state index contributed by atoms with van der Waals surface area (Å²) in [5.41, 5.74) is 7.66. The number of hydrogen-bond acceptors (Lipinski definition) is 5. The summed E-state index contributed by atoms with van der Waals surface area (Å²) in [6.07, 6.45) is 3.42. The van der Waals surface area contributed by atoms with Crippen molar-refractivity contribution in [3.63, 3.8) is 0 Å². The van der Waals surface area contributed by atoms with E-state index in [-0.39, 0.29) is 17.9 Å². The molecule has 26 heavy (non-hydrogen) atoms. The summed E-state index contributed by atoms with van der Waals surface area (Å²) >= 11 is 0. The Kier molecular flexibility index (Phi) is 4.82. The number of esters is 1. The molecule has 0 saturated heterocycles. The number of hydrogen-bond donors (Lipinski definition) is 1. The second kappa shape index (κ2) is 7.06. The monoisotopic (exact) mass is 347 g/mol. The number of carbonyl (C=O) groups excluding carboxylic acids is 1. The second-order valence-electron chi connectivity index (χ2n) is 6.60. The Morgan fingerprint density at radius 1 is 1.27 bits per heavy atom. The average molecular weight is 347 g/mol. The third-order valence-electron chi connectivity index (χ3n) is 5.31. The van der Waals surface area contributed by atoms with Crippen LogP contribution in [0.3, 0.4) is 0 Å². The standard InChI is InChI=1S/C21H21N3O2/c1-2-26-20(25)21(13-23)18(14-8-4-3-5-9-14)16-11-7-6-10-15(16)17(12-22)19(21)24/h3-5,8-9,18H,2,6-7,10-11,24H2,1H3/t18-,21+/m1/s1. The van der Waals surface area contributed by atoms with Crippen molar-refractivity contribution in [2.24, 2.45) is 11.1 Å². The Hall–Kier alpha value is -3.05. The zero-order valence-corrected chi connectivity index (χ0v) is 14.8. The minimum atomic E-state index is -1.71. The summed E-state index contributed by atoms with van der Waals surface area (Å²) in [5.74, 6) is -1.21. The number of nitrogens with zero attached hydrogens (tertiary/aromatic N) is 2. The van der Waals surface area contributed by atoms with Gasteiger partial charge in [-0.2, -0.15) is 10.5 Å². The van der Waals surface area contributed by atoms with E-state index in [1.54, 1.807) is 6.92 Å². The summed E-state index contributed by atoms with van der Waals surface area (Å²) in [5, 5.41) is 19.9. The highest BCUT2D eigenvalue weighted by Gasteiger charge is 2.56. The SMILES string of the molecule is CCOC(=O)[C@]1(C#N)C(N)=C(C#N)C2=C(CCCC2)[C@H]1c1ccccc1. The minimum Gasteiger partial charge on any atom is -0.464 e. The fourth-order valence-corrected chi connectivity index (χ4v) is 4.18. The maximum absolute atomic E-state index is 13.0. The van der Waals surface area contributed by atoms with Gasteiger partial charge in [0.05, 0.1) is 23.9 Å². The molecule has 2 aliphatic rings. The molecule has 2 N–H and O–H groups in total. The van der Waals surface area contributed by atoms with Gasteiger partial charge >= 0.3 is 5.97 Å². The van der Waals surface area contributed by atoms with E-state index in [9.17, 15) is 15.3 Å². The van der Waals surface area contributed by atoms with Crippen LogP contribution in [0.2, 0.25) is 0 Å². The molecule has 0 amide bonds. The molecule has 0 spiro atoms. The molecule has 1 aromatic rings. The van der Waals surface area contributed by atoms with E-state index < -0.39 is 17.3 Å². The number of nitriles is 2. The molecule has 0 aliphatic heterocycles. The van der Waals surface area contributed by atoms with Crippen LogP contribution < -0.4 is 5.73 Å². The number of carbonyl (C=O) groups is 1. The van der Waals surface area contributed by atoms with Crippen LogP contribution in [-0.2, 0) is 9.53 Å². The third kappa shape index (κ3) is 2.48. The van der Waals surface area contributed by atoms with Crippen LogP contribution in [0.25, 0.3) is 0 Å². The van der Waals surface area contributed by atoms with E-state index in [0.717, 1.165) is 42.4 Å². The van der Waals surface area contributed by atoms with Crippen LogP contribution in [0.15, 0.2) is 52.7 Å². The largest absolute Gasteiger partial charge is 0.464 e. The van der Waals surface area contributed by atoms with E-state index in [0.29, 0.717) is 0 Å². The highest BCUT2D eigenvalue weighted by atomic mass is 16.5. The topological polar surface area (TPSA) is 99.9 Å². The molecule has 3 rings (SSSR count). The van der Waals surface area contributed by atoms with Crippen molar-refractivity contribution < 1.29 is 9.53 Å². The first-order chi connectivity index (χ1) is 12.6. The molecule has 132 valence electrons. The van der Waals surface area contributed by atoms with Gasteiger partial charge in [0, 0.05) is 5.92 Å². The normalized spacial score (nSPS) is 25.1. The van der Waals surface area contributed by atoms with E-state index in [2.05, 4.69) is 12.1 Å². The maximum atomic E-state index is 13.0. The molecular weight excluding hydrogens is 326 g/mol. The summed E-state index contributed by atoms with van der Waals surface area (Å²) in [7, 11) is 0. The Bertz CT molecular complexity index is 871. The number of ether oxygens (including phenoxy) is 1. The molecule has 2 atom stereocenters. The van der Waals surface area contributed by atoms with Crippen LogP contribution in [0.1, 0.15) is 44.1 Å². The number of benzene rings is 1. The van der Waals surface area contributed by atoms with E-state index >= 15 is 0 Å². The fourth-order valence-electron chi connectivity index (χ4n) is 4.18. The van der Waals surface area contributed by atoms with Crippen LogP contribution in [0, 0.1) is 28.1 Å². The van der Waals surface area contributed by atoms with E-state index in [1.165, 1.54) is 0 Å². The van der Waals surface area contributed by atoms with Crippen LogP contribution >= 0.6 is 0 Å². The molecule has 1 aromatic carbocycles. The molecular formula is C21H21N3O2. The smallest absolute Gasteiger partial charge is 0.333 e. The molecule has 0 unspecified atom stereocenters. The van der Waals surface area contributed by atoms with Gasteiger partial charge in [-0.05, 0) is 43.7 Å². The van der Waals surface area contributed by atoms with Crippen molar-refractivity contribution >= 4 is 5.97 Å². The van der Waals surface area contributed by atoms with E-state index in [1.807, 2.05) is 30.3 Å². The predicted octanol–water partition coefficient (Wildman–Crippen LogP) is 3.46. The van der Waals surface area contributed by atoms with Crippen molar-refractivity contribution in [1.29, 1.82) is 10.5 Å². The lowest BCUT2D eigenvalue weighted by Gasteiger charge is -2.41. The average Bonchev–Trinajstić information content (AvgIpc) is 2.68. The van der Waals surface area contributed by atoms with Gasteiger partial charge in [-0.25, -0.2) is 4.79 Å². The minimum absolute atomic E-state index is 0.0236. The molecule has 0 saturated carbocycles. The molecule has 5 nitrogen and oxygen atoms in total. The van der Waals surface area contributed by atoms with Crippen LogP contribution in [0.4, 0.5) is 0 Å². The number of allylic oxidation sites excluding steroid dienone is 3. The summed E-state index contributed by atoms with van der Waals surface area (Å²) in [4.78, 5) is 13.0. The maximum Gasteiger partial charge on any atom is 0.333 e. The Morgan fingerprint density at radius 2 is 1.96 bits per heavy atom. The van der Waals surface area contributed by atoms with Crippen molar-refractivity contribution in [3.05, 3.63) is 58.3 Å². The lowest BCUT2D eigenvalue weighted by Crippen LogP contribution is -2.46. The first-order valence-corrected chi connectivity index (χ1v) is 8.87. The summed E-state index contributed by atoms with van der Waals surface area (Å²) in [6.45, 7) is 1.84. The van der Waals surface area contributed by atoms with Gasteiger partial charge in [0.15, 0.2) is 0 Å². The molecule has 0 fully saturated rings. The quantitative estimate of drug-likeness (QED) is 0.844. The molecule has 0 radical (unpaired) electrons. The van der Waals surface area contributed by atoms with Crippen LogP contribution in [-0.4, -0.2) is 12.6 Å². The molecule has 5 heteroatoms. The number of nitrogens with two attached hydrogens (primary N) is 1. The first kappa shape index (κ1) is 17.8. The molecule has 0 bridgehead atoms. The van der Waals surface area contributed by atoms with Crippen LogP contribution in [0.5, 0.6) is 0 Å². The van der Waals surface area contributed by atoms with Gasteiger partial charge in [-0.3, -0.25) is 0 Å². The van der Waals surface area contributed by atoms with Gasteiger partial charge in [0.2, 0.25) is 5.41 Å². The summed E-state index contributed by atoms with van der Waals surface area (Å²) in [6, 6.07) is 13.8. The van der Waals surface area contributed by atoms with Crippen molar-refractivity contribution in [2.45, 2.75) is 38.5 Å². The van der Waals surface area contributed by atoms with Gasteiger partial charge < -0.3 is 10.5 Å². The van der Waals surface area contributed by atoms with E-state index in [4.69, 9.17) is 10.5 Å². The van der Waals surface area contributed by atoms with Gasteiger partial charge in [0.25, 0.3) is 0 Å². The predicted molar refractivity (Wildman–Crippen MR) is 96.2 cm³/mol. The first-order valence-electron chi connectivity index (χ1n) is 8.87. The van der Waals surface area contributed by atoms with Gasteiger partial charge in [0.1, 0.15) is 6.07 Å². The van der Waals surface area contributed by atoms with Crippen molar-refractivity contribution in [3.8, 4) is 12.1 Å². The molecule has 2 aliphatic carbocycles. The zero-order chi connectivity index (χ0) is 18.7. The Morgan fingerprint density at radius 3 is 2.58 bits per heavy atom.